The van der Waals surface area contributed by atoms with Crippen LogP contribution in [0.25, 0.3) is 39.2 Å². The molecule has 0 saturated heterocycles. The fourth-order valence-electron chi connectivity index (χ4n) is 3.09. The number of nitrogens with zero attached hydrogens (tertiary/aromatic N) is 5. The lowest BCUT2D eigenvalue weighted by atomic mass is 10.1. The molecular weight excluding hydrogens is 326 g/mol. The van der Waals surface area contributed by atoms with Gasteiger partial charge in [-0.3, -0.25) is 9.67 Å². The van der Waals surface area contributed by atoms with Gasteiger partial charge in [-0.2, -0.15) is 10.2 Å². The first-order chi connectivity index (χ1) is 12.8. The summed E-state index contributed by atoms with van der Waals surface area (Å²) in [4.78, 5) is 4.45. The van der Waals surface area contributed by atoms with Crippen LogP contribution in [0.1, 0.15) is 0 Å². The van der Waals surface area contributed by atoms with E-state index >= 15 is 0 Å². The Morgan fingerprint density at radius 3 is 2.73 bits per heavy atom. The summed E-state index contributed by atoms with van der Waals surface area (Å²) in [6, 6.07) is 13.9. The monoisotopic (exact) mass is 341 g/mol. The molecule has 0 radical (unpaired) electrons. The van der Waals surface area contributed by atoms with E-state index in [1.807, 2.05) is 66.7 Å². The Hall–Kier alpha value is -3.67. The van der Waals surface area contributed by atoms with Crippen molar-refractivity contribution in [3.8, 4) is 28.1 Å². The predicted molar refractivity (Wildman–Crippen MR) is 98.8 cm³/mol. The van der Waals surface area contributed by atoms with Gasteiger partial charge in [-0.15, -0.1) is 0 Å². The van der Waals surface area contributed by atoms with Gasteiger partial charge >= 0.3 is 0 Å². The number of fused-ring (bicyclic) bond motifs is 1. The second-order valence-electron chi connectivity index (χ2n) is 6.09. The van der Waals surface area contributed by atoms with E-state index in [0.29, 0.717) is 0 Å². The molecule has 0 aliphatic carbocycles. The Morgan fingerprint density at radius 2 is 1.92 bits per heavy atom. The number of hydrogen-bond donors (Lipinski definition) is 0. The van der Waals surface area contributed by atoms with Gasteiger partial charge in [0, 0.05) is 54.6 Å². The van der Waals surface area contributed by atoms with Crippen LogP contribution in [0, 0.1) is 0 Å². The van der Waals surface area contributed by atoms with E-state index in [1.165, 1.54) is 0 Å². The molecule has 126 valence electrons. The van der Waals surface area contributed by atoms with Crippen molar-refractivity contribution in [1.29, 1.82) is 0 Å². The summed E-state index contributed by atoms with van der Waals surface area (Å²) >= 11 is 0. The van der Waals surface area contributed by atoms with Crippen LogP contribution in [0.5, 0.6) is 0 Å². The lowest BCUT2D eigenvalue weighted by Gasteiger charge is -2.03. The maximum atomic E-state index is 6.19. The SMILES string of the molecule is Cn1cc(-c2ccnc3cc(-c4cccc(-n5cccn5)c4)oc23)cn1. The molecule has 0 bridgehead atoms. The minimum atomic E-state index is 0.764. The molecule has 26 heavy (non-hydrogen) atoms. The Bertz CT molecular complexity index is 1200. The normalized spacial score (nSPS) is 11.3. The minimum Gasteiger partial charge on any atom is -0.454 e. The average molecular weight is 341 g/mol. The number of furan rings is 1. The van der Waals surface area contributed by atoms with E-state index in [2.05, 4.69) is 21.2 Å². The number of hydrogen-bond acceptors (Lipinski definition) is 4. The summed E-state index contributed by atoms with van der Waals surface area (Å²) in [6.07, 6.45) is 9.27. The van der Waals surface area contributed by atoms with Gasteiger partial charge in [0.25, 0.3) is 0 Å². The molecule has 0 spiro atoms. The fraction of sp³-hybridized carbons (Fsp3) is 0.0500. The van der Waals surface area contributed by atoms with Crippen molar-refractivity contribution >= 4 is 11.1 Å². The molecule has 4 heterocycles. The lowest BCUT2D eigenvalue weighted by molar-refractivity contribution is 0.632. The Kier molecular flexibility index (Phi) is 3.21. The van der Waals surface area contributed by atoms with E-state index in [1.54, 1.807) is 17.1 Å². The van der Waals surface area contributed by atoms with Gasteiger partial charge in [-0.1, -0.05) is 12.1 Å². The summed E-state index contributed by atoms with van der Waals surface area (Å²) in [7, 11) is 1.90. The van der Waals surface area contributed by atoms with Gasteiger partial charge in [0.1, 0.15) is 11.3 Å². The Balaban J connectivity index is 1.64. The van der Waals surface area contributed by atoms with Gasteiger partial charge in [0.15, 0.2) is 5.58 Å². The number of benzene rings is 1. The smallest absolute Gasteiger partial charge is 0.161 e. The quantitative estimate of drug-likeness (QED) is 0.496. The van der Waals surface area contributed by atoms with E-state index in [0.717, 1.165) is 39.2 Å². The maximum absolute atomic E-state index is 6.19. The zero-order chi connectivity index (χ0) is 17.5. The second kappa shape index (κ2) is 5.70. The minimum absolute atomic E-state index is 0.764. The molecule has 6 nitrogen and oxygen atoms in total. The summed E-state index contributed by atoms with van der Waals surface area (Å²) in [5, 5.41) is 8.53. The van der Waals surface area contributed by atoms with E-state index in [4.69, 9.17) is 4.42 Å². The van der Waals surface area contributed by atoms with Gasteiger partial charge < -0.3 is 4.42 Å². The first-order valence-electron chi connectivity index (χ1n) is 8.26. The first-order valence-corrected chi connectivity index (χ1v) is 8.26. The van der Waals surface area contributed by atoms with Crippen LogP contribution in [-0.2, 0) is 7.05 Å². The van der Waals surface area contributed by atoms with Crippen molar-refractivity contribution in [3.05, 3.63) is 73.4 Å². The van der Waals surface area contributed by atoms with Crippen LogP contribution in [0.3, 0.4) is 0 Å². The zero-order valence-electron chi connectivity index (χ0n) is 14.1. The first kappa shape index (κ1) is 14.7. The van der Waals surface area contributed by atoms with Crippen LogP contribution >= 0.6 is 0 Å². The third-order valence-electron chi connectivity index (χ3n) is 4.33. The van der Waals surface area contributed by atoms with Gasteiger partial charge in [0.05, 0.1) is 11.9 Å². The average Bonchev–Trinajstić information content (AvgIpc) is 3.41. The highest BCUT2D eigenvalue weighted by Gasteiger charge is 2.13. The number of rotatable bonds is 3. The molecule has 0 fully saturated rings. The molecule has 0 N–H and O–H groups in total. The number of aryl methyl sites for hydroxylation is 1. The predicted octanol–water partition coefficient (Wildman–Crippen LogP) is 4.08. The third-order valence-corrected chi connectivity index (χ3v) is 4.33. The molecule has 0 amide bonds. The Morgan fingerprint density at radius 1 is 0.962 bits per heavy atom. The summed E-state index contributed by atoms with van der Waals surface area (Å²) < 4.78 is 9.79. The van der Waals surface area contributed by atoms with Crippen molar-refractivity contribution in [2.75, 3.05) is 0 Å². The van der Waals surface area contributed by atoms with Crippen LogP contribution in [0.4, 0.5) is 0 Å². The number of aromatic nitrogens is 5. The van der Waals surface area contributed by atoms with Crippen molar-refractivity contribution in [2.45, 2.75) is 0 Å². The number of pyridine rings is 1. The second-order valence-corrected chi connectivity index (χ2v) is 6.09. The van der Waals surface area contributed by atoms with Crippen molar-refractivity contribution in [2.24, 2.45) is 7.05 Å². The molecule has 0 aliphatic heterocycles. The lowest BCUT2D eigenvalue weighted by Crippen LogP contribution is -1.93. The zero-order valence-corrected chi connectivity index (χ0v) is 14.1. The topological polar surface area (TPSA) is 61.7 Å². The van der Waals surface area contributed by atoms with Crippen LogP contribution in [0.2, 0.25) is 0 Å². The highest BCUT2D eigenvalue weighted by atomic mass is 16.3. The van der Waals surface area contributed by atoms with Crippen molar-refractivity contribution < 1.29 is 4.42 Å². The standard InChI is InChI=1S/C20H15N5O/c1-24-13-15(12-23-24)17-6-8-21-18-11-19(26-20(17)18)14-4-2-5-16(10-14)25-9-3-7-22-25/h2-13H,1H3. The van der Waals surface area contributed by atoms with Gasteiger partial charge in [-0.25, -0.2) is 4.68 Å². The molecule has 1 aromatic carbocycles. The third kappa shape index (κ3) is 2.39. The van der Waals surface area contributed by atoms with Gasteiger partial charge in [0.2, 0.25) is 0 Å². The van der Waals surface area contributed by atoms with Crippen LogP contribution in [-0.4, -0.2) is 24.5 Å². The summed E-state index contributed by atoms with van der Waals surface area (Å²) in [5.41, 5.74) is 5.54. The van der Waals surface area contributed by atoms with E-state index in [-0.39, 0.29) is 0 Å². The highest BCUT2D eigenvalue weighted by molar-refractivity contribution is 5.92. The van der Waals surface area contributed by atoms with E-state index < -0.39 is 0 Å². The van der Waals surface area contributed by atoms with Gasteiger partial charge in [-0.05, 0) is 24.3 Å². The summed E-state index contributed by atoms with van der Waals surface area (Å²) in [5.74, 6) is 0.776. The maximum Gasteiger partial charge on any atom is 0.161 e. The molecule has 6 heteroatoms. The molecule has 0 unspecified atom stereocenters. The van der Waals surface area contributed by atoms with Crippen LogP contribution in [0.15, 0.2) is 77.9 Å². The molecule has 5 aromatic rings. The molecule has 0 atom stereocenters. The highest BCUT2D eigenvalue weighted by Crippen LogP contribution is 2.33. The molecule has 5 rings (SSSR count). The molecule has 0 aliphatic rings. The largest absolute Gasteiger partial charge is 0.454 e. The molecule has 4 aromatic heterocycles. The van der Waals surface area contributed by atoms with Crippen molar-refractivity contribution in [1.82, 2.24) is 24.5 Å². The Labute approximate surface area is 149 Å². The fourth-order valence-corrected chi connectivity index (χ4v) is 3.09. The summed E-state index contributed by atoms with van der Waals surface area (Å²) in [6.45, 7) is 0. The molecule has 0 saturated carbocycles. The van der Waals surface area contributed by atoms with Crippen LogP contribution < -0.4 is 0 Å². The molecular formula is C20H15N5O. The van der Waals surface area contributed by atoms with Crippen molar-refractivity contribution in [3.63, 3.8) is 0 Å². The van der Waals surface area contributed by atoms with E-state index in [9.17, 15) is 0 Å².